The second-order valence-corrected chi connectivity index (χ2v) is 10.4. The van der Waals surface area contributed by atoms with Crippen molar-refractivity contribution in [2.75, 3.05) is 24.3 Å². The van der Waals surface area contributed by atoms with Crippen molar-refractivity contribution in [3.8, 4) is 5.75 Å². The van der Waals surface area contributed by atoms with E-state index in [-0.39, 0.29) is 18.5 Å². The van der Waals surface area contributed by atoms with Gasteiger partial charge in [-0.1, -0.05) is 13.8 Å². The molecule has 2 aliphatic rings. The summed E-state index contributed by atoms with van der Waals surface area (Å²) in [5.74, 6) is 0.156. The second-order valence-electron chi connectivity index (χ2n) is 8.63. The van der Waals surface area contributed by atoms with Crippen LogP contribution in [0.2, 0.25) is 0 Å². The first-order chi connectivity index (χ1) is 13.7. The van der Waals surface area contributed by atoms with Gasteiger partial charge in [-0.05, 0) is 43.9 Å². The van der Waals surface area contributed by atoms with Crippen LogP contribution in [0.25, 0.3) is 0 Å². The summed E-state index contributed by atoms with van der Waals surface area (Å²) in [6.07, 6.45) is 7.34. The number of hydrogen-bond donors (Lipinski definition) is 2. The molecule has 9 heteroatoms. The van der Waals surface area contributed by atoms with E-state index >= 15 is 0 Å². The van der Waals surface area contributed by atoms with Gasteiger partial charge in [-0.3, -0.25) is 0 Å². The van der Waals surface area contributed by atoms with Crippen molar-refractivity contribution < 1.29 is 22.7 Å². The maximum Gasteiger partial charge on any atom is 0.209 e. The lowest BCUT2D eigenvalue weighted by Crippen LogP contribution is -2.48. The Hall–Kier alpha value is -1.45. The molecular weight excluding hydrogens is 397 g/mol. The summed E-state index contributed by atoms with van der Waals surface area (Å²) in [6.45, 7) is 5.21. The van der Waals surface area contributed by atoms with Crippen LogP contribution < -0.4 is 9.62 Å². The molecule has 0 radical (unpaired) electrons. The number of aromatic nitrogens is 1. The molecule has 3 rings (SSSR count). The van der Waals surface area contributed by atoms with Gasteiger partial charge in [-0.15, -0.1) is 0 Å². The zero-order valence-electron chi connectivity index (χ0n) is 17.3. The average Bonchev–Trinajstić information content (AvgIpc) is 3.03. The number of rotatable bonds is 7. The Kier molecular flexibility index (Phi) is 7.01. The van der Waals surface area contributed by atoms with E-state index in [1.807, 2.05) is 0 Å². The Morgan fingerprint density at radius 3 is 2.62 bits per heavy atom. The molecule has 0 unspecified atom stereocenters. The van der Waals surface area contributed by atoms with Crippen LogP contribution in [-0.2, 0) is 14.8 Å². The summed E-state index contributed by atoms with van der Waals surface area (Å²) >= 11 is 0. The fourth-order valence-corrected chi connectivity index (χ4v) is 5.34. The van der Waals surface area contributed by atoms with Crippen LogP contribution in [0.1, 0.15) is 46.0 Å². The van der Waals surface area contributed by atoms with Crippen LogP contribution in [0.3, 0.4) is 0 Å². The van der Waals surface area contributed by atoms with E-state index in [1.54, 1.807) is 4.90 Å². The summed E-state index contributed by atoms with van der Waals surface area (Å²) in [5, 5.41) is 9.72. The molecule has 1 aromatic rings. The number of nitrogens with one attached hydrogen (secondary N) is 1. The lowest BCUT2D eigenvalue weighted by atomic mass is 9.80. The zero-order valence-corrected chi connectivity index (χ0v) is 18.2. The molecule has 0 aromatic carbocycles. The normalized spacial score (nSPS) is 28.2. The summed E-state index contributed by atoms with van der Waals surface area (Å²) in [4.78, 5) is 5.79. The Labute approximate surface area is 172 Å². The second kappa shape index (κ2) is 9.14. The van der Waals surface area contributed by atoms with Gasteiger partial charge in [0.25, 0.3) is 0 Å². The van der Waals surface area contributed by atoms with Crippen molar-refractivity contribution in [2.45, 2.75) is 64.1 Å². The van der Waals surface area contributed by atoms with Crippen LogP contribution in [0, 0.1) is 17.7 Å². The number of nitrogens with zero attached hydrogens (tertiary/aromatic N) is 2. The van der Waals surface area contributed by atoms with Gasteiger partial charge < -0.3 is 14.7 Å². The first-order valence-corrected chi connectivity index (χ1v) is 12.2. The maximum atomic E-state index is 14.5. The van der Waals surface area contributed by atoms with Gasteiger partial charge in [0.2, 0.25) is 15.8 Å². The number of aromatic hydroxyl groups is 1. The molecule has 0 amide bonds. The molecule has 7 nitrogen and oxygen atoms in total. The van der Waals surface area contributed by atoms with E-state index in [9.17, 15) is 17.9 Å². The van der Waals surface area contributed by atoms with E-state index in [2.05, 4.69) is 23.6 Å². The smallest absolute Gasteiger partial charge is 0.209 e. The number of pyridine rings is 1. The Morgan fingerprint density at radius 2 is 2.00 bits per heavy atom. The predicted molar refractivity (Wildman–Crippen MR) is 110 cm³/mol. The number of ether oxygens (including phenoxy) is 1. The Balaban J connectivity index is 1.71. The highest BCUT2D eigenvalue weighted by Crippen LogP contribution is 2.33. The first kappa shape index (κ1) is 22.2. The van der Waals surface area contributed by atoms with Crippen LogP contribution in [-0.4, -0.2) is 56.1 Å². The topological polar surface area (TPSA) is 91.8 Å². The molecular formula is C20H32FN3O4S. The van der Waals surface area contributed by atoms with Crippen LogP contribution in [0.5, 0.6) is 5.75 Å². The number of sulfonamides is 1. The van der Waals surface area contributed by atoms with Crippen molar-refractivity contribution >= 4 is 15.8 Å². The standard InChI is InChI=1S/C20H32FN3O4S/c1-13(2)14-4-6-15(7-5-14)28-12-17-16(23-29(3,26)27)9-11-24(17)20-19(21)18(25)8-10-22-20/h8,10,13-17,23H,4-7,9,11-12H2,1-3H3,(H,22,25)/t14-,15+,16-,17-/m0/s1. The Morgan fingerprint density at radius 1 is 1.31 bits per heavy atom. The zero-order chi connectivity index (χ0) is 21.2. The summed E-state index contributed by atoms with van der Waals surface area (Å²) in [6, 6.07) is 0.400. The van der Waals surface area contributed by atoms with Crippen molar-refractivity contribution in [3.05, 3.63) is 18.1 Å². The van der Waals surface area contributed by atoms with Gasteiger partial charge in [0.15, 0.2) is 11.6 Å². The minimum absolute atomic E-state index is 0.0277. The van der Waals surface area contributed by atoms with E-state index in [0.717, 1.165) is 37.9 Å². The molecule has 2 heterocycles. The van der Waals surface area contributed by atoms with Gasteiger partial charge in [-0.2, -0.15) is 4.39 Å². The Bertz CT molecular complexity index is 797. The SMILES string of the molecule is CC(C)[C@H]1CC[C@@H](OC[C@H]2[C@@H](NS(C)(=O)=O)CCN2c2nccc(O)c2F)CC1. The molecule has 0 spiro atoms. The maximum absolute atomic E-state index is 14.5. The highest BCUT2D eigenvalue weighted by atomic mass is 32.2. The van der Waals surface area contributed by atoms with Crippen molar-refractivity contribution in [3.63, 3.8) is 0 Å². The third-order valence-electron chi connectivity index (χ3n) is 6.20. The number of hydrogen-bond acceptors (Lipinski definition) is 6. The minimum Gasteiger partial charge on any atom is -0.505 e. The summed E-state index contributed by atoms with van der Waals surface area (Å²) < 4.78 is 46.9. The lowest BCUT2D eigenvalue weighted by Gasteiger charge is -2.34. The first-order valence-electron chi connectivity index (χ1n) is 10.3. The van der Waals surface area contributed by atoms with Gasteiger partial charge in [0.1, 0.15) is 0 Å². The highest BCUT2D eigenvalue weighted by molar-refractivity contribution is 7.88. The largest absolute Gasteiger partial charge is 0.505 e. The van der Waals surface area contributed by atoms with Crippen molar-refractivity contribution in [1.82, 2.24) is 9.71 Å². The van der Waals surface area contributed by atoms with Crippen LogP contribution >= 0.6 is 0 Å². The fourth-order valence-electron chi connectivity index (χ4n) is 4.51. The van der Waals surface area contributed by atoms with Gasteiger partial charge in [0.05, 0.1) is 25.0 Å². The molecule has 1 saturated carbocycles. The number of anilines is 1. The molecule has 1 aromatic heterocycles. The van der Waals surface area contributed by atoms with E-state index < -0.39 is 33.7 Å². The molecule has 0 bridgehead atoms. The molecule has 2 fully saturated rings. The van der Waals surface area contributed by atoms with E-state index in [0.29, 0.717) is 18.9 Å². The summed E-state index contributed by atoms with van der Waals surface area (Å²) in [7, 11) is -3.42. The van der Waals surface area contributed by atoms with Crippen LogP contribution in [0.15, 0.2) is 12.3 Å². The van der Waals surface area contributed by atoms with Crippen molar-refractivity contribution in [1.29, 1.82) is 0 Å². The van der Waals surface area contributed by atoms with Crippen molar-refractivity contribution in [2.24, 2.45) is 11.8 Å². The highest BCUT2D eigenvalue weighted by Gasteiger charge is 2.39. The molecule has 1 aliphatic carbocycles. The average molecular weight is 430 g/mol. The molecule has 2 atom stereocenters. The monoisotopic (exact) mass is 429 g/mol. The number of halogens is 1. The molecule has 29 heavy (non-hydrogen) atoms. The molecule has 1 aliphatic heterocycles. The molecule has 2 N–H and O–H groups in total. The quantitative estimate of drug-likeness (QED) is 0.692. The molecule has 164 valence electrons. The third kappa shape index (κ3) is 5.58. The van der Waals surface area contributed by atoms with E-state index in [1.165, 1.54) is 12.3 Å². The molecule has 1 saturated heterocycles. The van der Waals surface area contributed by atoms with E-state index in [4.69, 9.17) is 4.74 Å². The van der Waals surface area contributed by atoms with Crippen LogP contribution in [0.4, 0.5) is 10.2 Å². The van der Waals surface area contributed by atoms with Gasteiger partial charge in [0, 0.05) is 24.8 Å². The minimum atomic E-state index is -3.42. The van der Waals surface area contributed by atoms with Gasteiger partial charge >= 0.3 is 0 Å². The predicted octanol–water partition coefficient (Wildman–Crippen LogP) is 2.65. The fraction of sp³-hybridized carbons (Fsp3) is 0.750. The lowest BCUT2D eigenvalue weighted by molar-refractivity contribution is 0.00503. The van der Waals surface area contributed by atoms with Gasteiger partial charge in [-0.25, -0.2) is 18.1 Å². The summed E-state index contributed by atoms with van der Waals surface area (Å²) in [5.41, 5.74) is 0. The third-order valence-corrected chi connectivity index (χ3v) is 6.93.